The van der Waals surface area contributed by atoms with E-state index in [4.69, 9.17) is 0 Å². The van der Waals surface area contributed by atoms with Crippen molar-refractivity contribution in [3.05, 3.63) is 11.6 Å². The lowest BCUT2D eigenvalue weighted by Gasteiger charge is -2.29. The van der Waals surface area contributed by atoms with Gasteiger partial charge < -0.3 is 15.0 Å². The maximum absolute atomic E-state index is 9.58. The van der Waals surface area contributed by atoms with Gasteiger partial charge in [0.05, 0.1) is 12.1 Å². The summed E-state index contributed by atoms with van der Waals surface area (Å²) in [4.78, 5) is 0. The largest absolute Gasteiger partial charge is 0.393 e. The summed E-state index contributed by atoms with van der Waals surface area (Å²) < 4.78 is 2.32. The lowest BCUT2D eigenvalue weighted by Crippen LogP contribution is -2.37. The zero-order valence-corrected chi connectivity index (χ0v) is 12.4. The second-order valence-electron chi connectivity index (χ2n) is 6.33. The van der Waals surface area contributed by atoms with Gasteiger partial charge in [0, 0.05) is 19.0 Å². The molecule has 0 radical (unpaired) electrons. The fourth-order valence-electron chi connectivity index (χ4n) is 3.50. The Morgan fingerprint density at radius 2 is 1.95 bits per heavy atom. The molecular formula is C15H26N4O. The maximum atomic E-state index is 9.58. The Morgan fingerprint density at radius 1 is 1.15 bits per heavy atom. The Morgan fingerprint density at radius 3 is 2.75 bits per heavy atom. The molecule has 1 aliphatic heterocycles. The highest BCUT2D eigenvalue weighted by Crippen LogP contribution is 2.23. The molecule has 0 amide bonds. The quantitative estimate of drug-likeness (QED) is 0.887. The first-order chi connectivity index (χ1) is 9.74. The lowest BCUT2D eigenvalue weighted by molar-refractivity contribution is 0.114. The van der Waals surface area contributed by atoms with Crippen molar-refractivity contribution >= 4 is 0 Å². The molecule has 5 nitrogen and oxygen atoms in total. The maximum Gasteiger partial charge on any atom is 0.149 e. The SMILES string of the molecule is CC(NC1CCC(O)CC1)c1nnc2n1CCCCC2. The van der Waals surface area contributed by atoms with Gasteiger partial charge in [0.1, 0.15) is 11.6 Å². The van der Waals surface area contributed by atoms with Crippen LogP contribution in [0.25, 0.3) is 0 Å². The Bertz CT molecular complexity index is 437. The zero-order chi connectivity index (χ0) is 13.9. The first kappa shape index (κ1) is 14.0. The van der Waals surface area contributed by atoms with Crippen molar-refractivity contribution < 1.29 is 5.11 Å². The minimum atomic E-state index is -0.0901. The highest BCUT2D eigenvalue weighted by molar-refractivity contribution is 5.02. The van der Waals surface area contributed by atoms with Gasteiger partial charge in [-0.05, 0) is 45.4 Å². The fourth-order valence-corrected chi connectivity index (χ4v) is 3.50. The molecule has 5 heteroatoms. The molecule has 1 atom stereocenters. The van der Waals surface area contributed by atoms with Gasteiger partial charge in [0.25, 0.3) is 0 Å². The number of hydrogen-bond donors (Lipinski definition) is 2. The molecule has 2 aliphatic rings. The summed E-state index contributed by atoms with van der Waals surface area (Å²) >= 11 is 0. The summed E-state index contributed by atoms with van der Waals surface area (Å²) in [7, 11) is 0. The number of aliphatic hydroxyl groups excluding tert-OH is 1. The van der Waals surface area contributed by atoms with Crippen LogP contribution in [0.1, 0.15) is 69.6 Å². The van der Waals surface area contributed by atoms with Gasteiger partial charge in [0.15, 0.2) is 0 Å². The standard InChI is InChI=1S/C15H26N4O/c1-11(16-12-6-8-13(20)9-7-12)15-18-17-14-5-3-2-4-10-19(14)15/h11-13,16,20H,2-10H2,1H3. The molecule has 0 saturated heterocycles. The van der Waals surface area contributed by atoms with Gasteiger partial charge in [-0.15, -0.1) is 10.2 Å². The van der Waals surface area contributed by atoms with Crippen LogP contribution in [0.2, 0.25) is 0 Å². The third kappa shape index (κ3) is 3.04. The van der Waals surface area contributed by atoms with Crippen LogP contribution in [0.3, 0.4) is 0 Å². The predicted molar refractivity (Wildman–Crippen MR) is 77.4 cm³/mol. The Kier molecular flexibility index (Phi) is 4.36. The van der Waals surface area contributed by atoms with Gasteiger partial charge in [-0.1, -0.05) is 6.42 Å². The van der Waals surface area contributed by atoms with Crippen molar-refractivity contribution in [3.63, 3.8) is 0 Å². The van der Waals surface area contributed by atoms with Crippen LogP contribution in [0.15, 0.2) is 0 Å². The molecule has 1 aromatic rings. The molecule has 0 aromatic carbocycles. The van der Waals surface area contributed by atoms with Crippen LogP contribution < -0.4 is 5.32 Å². The van der Waals surface area contributed by atoms with Crippen molar-refractivity contribution in [1.82, 2.24) is 20.1 Å². The monoisotopic (exact) mass is 278 g/mol. The Hall–Kier alpha value is -0.940. The summed E-state index contributed by atoms with van der Waals surface area (Å²) in [5.74, 6) is 2.25. The van der Waals surface area contributed by atoms with Gasteiger partial charge >= 0.3 is 0 Å². The van der Waals surface area contributed by atoms with Crippen molar-refractivity contribution in [2.24, 2.45) is 0 Å². The third-order valence-corrected chi connectivity index (χ3v) is 4.71. The highest BCUT2D eigenvalue weighted by Gasteiger charge is 2.24. The summed E-state index contributed by atoms with van der Waals surface area (Å²) in [5.41, 5.74) is 0. The van der Waals surface area contributed by atoms with E-state index in [-0.39, 0.29) is 12.1 Å². The molecule has 20 heavy (non-hydrogen) atoms. The van der Waals surface area contributed by atoms with Crippen molar-refractivity contribution in [2.45, 2.75) is 83.0 Å². The van der Waals surface area contributed by atoms with Gasteiger partial charge in [-0.3, -0.25) is 0 Å². The molecule has 3 rings (SSSR count). The average Bonchev–Trinajstić information content (AvgIpc) is 2.71. The second-order valence-corrected chi connectivity index (χ2v) is 6.33. The molecule has 2 heterocycles. The number of aryl methyl sites for hydroxylation is 1. The number of aromatic nitrogens is 3. The molecule has 0 bridgehead atoms. The first-order valence-corrected chi connectivity index (χ1v) is 8.10. The second kappa shape index (κ2) is 6.22. The summed E-state index contributed by atoms with van der Waals surface area (Å²) in [5, 5.41) is 22.1. The molecule has 1 fully saturated rings. The summed E-state index contributed by atoms with van der Waals surface area (Å²) in [6.45, 7) is 3.25. The van der Waals surface area contributed by atoms with Crippen LogP contribution in [-0.4, -0.2) is 32.0 Å². The van der Waals surface area contributed by atoms with Gasteiger partial charge in [-0.2, -0.15) is 0 Å². The zero-order valence-electron chi connectivity index (χ0n) is 12.4. The lowest BCUT2D eigenvalue weighted by atomic mass is 9.92. The summed E-state index contributed by atoms with van der Waals surface area (Å²) in [6, 6.07) is 0.752. The van der Waals surface area contributed by atoms with E-state index in [1.54, 1.807) is 0 Å². The minimum absolute atomic E-state index is 0.0901. The number of aliphatic hydroxyl groups is 1. The van der Waals surface area contributed by atoms with E-state index in [0.29, 0.717) is 6.04 Å². The summed E-state index contributed by atoms with van der Waals surface area (Å²) in [6.07, 6.45) is 8.71. The van der Waals surface area contributed by atoms with Gasteiger partial charge in [0.2, 0.25) is 0 Å². The third-order valence-electron chi connectivity index (χ3n) is 4.71. The average molecular weight is 278 g/mol. The molecule has 112 valence electrons. The van der Waals surface area contributed by atoms with Crippen LogP contribution in [0, 0.1) is 0 Å². The van der Waals surface area contributed by atoms with Crippen LogP contribution in [0.4, 0.5) is 0 Å². The van der Waals surface area contributed by atoms with E-state index < -0.39 is 0 Å². The number of fused-ring (bicyclic) bond motifs is 1. The van der Waals surface area contributed by atoms with Crippen LogP contribution in [0.5, 0.6) is 0 Å². The topological polar surface area (TPSA) is 63.0 Å². The smallest absolute Gasteiger partial charge is 0.149 e. The van der Waals surface area contributed by atoms with Crippen molar-refractivity contribution in [1.29, 1.82) is 0 Å². The van der Waals surface area contributed by atoms with E-state index in [1.165, 1.54) is 19.3 Å². The van der Waals surface area contributed by atoms with E-state index >= 15 is 0 Å². The highest BCUT2D eigenvalue weighted by atomic mass is 16.3. The normalized spacial score (nSPS) is 28.7. The molecule has 1 unspecified atom stereocenters. The van der Waals surface area contributed by atoms with E-state index in [1.807, 2.05) is 0 Å². The Labute approximate surface area is 120 Å². The molecule has 2 N–H and O–H groups in total. The van der Waals surface area contributed by atoms with E-state index in [0.717, 1.165) is 50.3 Å². The van der Waals surface area contributed by atoms with E-state index in [9.17, 15) is 5.11 Å². The number of hydrogen-bond acceptors (Lipinski definition) is 4. The number of rotatable bonds is 3. The fraction of sp³-hybridized carbons (Fsp3) is 0.867. The molecule has 0 spiro atoms. The molecular weight excluding hydrogens is 252 g/mol. The van der Waals surface area contributed by atoms with Gasteiger partial charge in [-0.25, -0.2) is 0 Å². The first-order valence-electron chi connectivity index (χ1n) is 8.10. The molecule has 1 aromatic heterocycles. The predicted octanol–water partition coefficient (Wildman–Crippen LogP) is 1.96. The number of nitrogens with zero attached hydrogens (tertiary/aromatic N) is 3. The van der Waals surface area contributed by atoms with Crippen molar-refractivity contribution in [3.8, 4) is 0 Å². The minimum Gasteiger partial charge on any atom is -0.393 e. The number of nitrogens with one attached hydrogen (secondary N) is 1. The molecule has 1 aliphatic carbocycles. The molecule has 1 saturated carbocycles. The Balaban J connectivity index is 1.65. The van der Waals surface area contributed by atoms with Crippen molar-refractivity contribution in [2.75, 3.05) is 0 Å². The van der Waals surface area contributed by atoms with Crippen LogP contribution in [-0.2, 0) is 13.0 Å². The van der Waals surface area contributed by atoms with Crippen LogP contribution >= 0.6 is 0 Å². The van der Waals surface area contributed by atoms with E-state index in [2.05, 4.69) is 27.0 Å².